The van der Waals surface area contributed by atoms with Crippen LogP contribution in [0.5, 0.6) is 0 Å². The monoisotopic (exact) mass is 347 g/mol. The summed E-state index contributed by atoms with van der Waals surface area (Å²) in [5, 5.41) is 11.6. The zero-order valence-corrected chi connectivity index (χ0v) is 12.6. The lowest BCUT2D eigenvalue weighted by Crippen LogP contribution is -2.24. The average Bonchev–Trinajstić information content (AvgIpc) is 2.36. The number of unbranched alkanes of at least 4 members (excludes halogenated alkanes) is 2. The van der Waals surface area contributed by atoms with Crippen molar-refractivity contribution in [1.29, 1.82) is 0 Å². The van der Waals surface area contributed by atoms with E-state index in [1.807, 2.05) is 0 Å². The number of aliphatic carboxylic acids is 1. The van der Waals surface area contributed by atoms with Crippen molar-refractivity contribution in [3.8, 4) is 0 Å². The summed E-state index contributed by atoms with van der Waals surface area (Å²) in [4.78, 5) is 22.2. The van der Waals surface area contributed by atoms with E-state index in [-0.39, 0.29) is 12.3 Å². The van der Waals surface area contributed by atoms with Gasteiger partial charge >= 0.3 is 5.97 Å². The van der Waals surface area contributed by atoms with E-state index < -0.39 is 5.97 Å². The summed E-state index contributed by atoms with van der Waals surface area (Å²) in [7, 11) is 0. The number of hydrogen-bond acceptors (Lipinski definition) is 2. The third-order valence-electron chi connectivity index (χ3n) is 2.53. The zero-order valence-electron chi connectivity index (χ0n) is 10.3. The first-order valence-corrected chi connectivity index (χ1v) is 7.13. The highest BCUT2D eigenvalue weighted by molar-refractivity contribution is 9.10. The summed E-state index contributed by atoms with van der Waals surface area (Å²) < 4.78 is 0.795. The van der Waals surface area contributed by atoms with E-state index in [0.29, 0.717) is 23.6 Å². The Balaban J connectivity index is 2.31. The molecule has 0 aliphatic rings. The Kier molecular flexibility index (Phi) is 6.87. The summed E-state index contributed by atoms with van der Waals surface area (Å²) in [6, 6.07) is 5.10. The normalized spacial score (nSPS) is 10.2. The van der Waals surface area contributed by atoms with Gasteiger partial charge in [-0.25, -0.2) is 0 Å². The van der Waals surface area contributed by atoms with Crippen LogP contribution < -0.4 is 5.32 Å². The smallest absolute Gasteiger partial charge is 0.303 e. The van der Waals surface area contributed by atoms with Gasteiger partial charge in [0.1, 0.15) is 0 Å². The number of carbonyl (C=O) groups excluding carboxylic acids is 1. The minimum Gasteiger partial charge on any atom is -0.481 e. The van der Waals surface area contributed by atoms with Crippen molar-refractivity contribution in [1.82, 2.24) is 5.32 Å². The van der Waals surface area contributed by atoms with Crippen LogP contribution in [0.4, 0.5) is 0 Å². The fraction of sp³-hybridized carbons (Fsp3) is 0.385. The Hall–Kier alpha value is -1.07. The fourth-order valence-corrected chi connectivity index (χ4v) is 2.11. The van der Waals surface area contributed by atoms with Crippen LogP contribution in [0.25, 0.3) is 0 Å². The maximum absolute atomic E-state index is 11.8. The molecule has 0 atom stereocenters. The molecule has 1 aromatic carbocycles. The Morgan fingerprint density at radius 1 is 1.26 bits per heavy atom. The van der Waals surface area contributed by atoms with Crippen LogP contribution >= 0.6 is 27.5 Å². The van der Waals surface area contributed by atoms with Crippen molar-refractivity contribution in [3.05, 3.63) is 33.3 Å². The van der Waals surface area contributed by atoms with Gasteiger partial charge in [-0.15, -0.1) is 0 Å². The highest BCUT2D eigenvalue weighted by Gasteiger charge is 2.09. The van der Waals surface area contributed by atoms with Crippen molar-refractivity contribution in [3.63, 3.8) is 0 Å². The SMILES string of the molecule is O=C(O)CCCCCNC(=O)c1cc(Br)ccc1Cl. The van der Waals surface area contributed by atoms with E-state index >= 15 is 0 Å². The molecule has 1 aromatic rings. The number of carboxylic acid groups (broad SMARTS) is 1. The minimum atomic E-state index is -0.787. The molecule has 0 saturated heterocycles. The summed E-state index contributed by atoms with van der Waals surface area (Å²) in [5.41, 5.74) is 0.432. The van der Waals surface area contributed by atoms with Gasteiger partial charge in [-0.3, -0.25) is 9.59 Å². The molecule has 0 aliphatic heterocycles. The number of carboxylic acids is 1. The molecule has 0 aliphatic carbocycles. The van der Waals surface area contributed by atoms with E-state index in [9.17, 15) is 9.59 Å². The van der Waals surface area contributed by atoms with Crippen LogP contribution in [0.3, 0.4) is 0 Å². The van der Waals surface area contributed by atoms with Crippen molar-refractivity contribution < 1.29 is 14.7 Å². The molecule has 0 radical (unpaired) electrons. The molecule has 0 fully saturated rings. The van der Waals surface area contributed by atoms with Gasteiger partial charge in [-0.05, 0) is 31.0 Å². The number of benzene rings is 1. The second kappa shape index (κ2) is 8.17. The molecule has 2 N–H and O–H groups in total. The van der Waals surface area contributed by atoms with Crippen LogP contribution in [-0.2, 0) is 4.79 Å². The molecule has 19 heavy (non-hydrogen) atoms. The quantitative estimate of drug-likeness (QED) is 0.741. The molecule has 1 amide bonds. The molecular formula is C13H15BrClNO3. The van der Waals surface area contributed by atoms with Crippen molar-refractivity contribution >= 4 is 39.4 Å². The zero-order chi connectivity index (χ0) is 14.3. The molecule has 0 aromatic heterocycles. The second-order valence-corrected chi connectivity index (χ2v) is 5.41. The molecule has 0 heterocycles. The van der Waals surface area contributed by atoms with Crippen molar-refractivity contribution in [2.75, 3.05) is 6.54 Å². The molecule has 0 saturated carbocycles. The molecule has 0 unspecified atom stereocenters. The molecule has 104 valence electrons. The third-order valence-corrected chi connectivity index (χ3v) is 3.35. The summed E-state index contributed by atoms with van der Waals surface area (Å²) >= 11 is 9.23. The lowest BCUT2D eigenvalue weighted by molar-refractivity contribution is -0.137. The second-order valence-electron chi connectivity index (χ2n) is 4.08. The maximum Gasteiger partial charge on any atom is 0.303 e. The van der Waals surface area contributed by atoms with Gasteiger partial charge in [0, 0.05) is 17.4 Å². The van der Waals surface area contributed by atoms with Gasteiger partial charge in [0.2, 0.25) is 0 Å². The van der Waals surface area contributed by atoms with Gasteiger partial charge in [-0.2, -0.15) is 0 Å². The number of amides is 1. The van der Waals surface area contributed by atoms with E-state index in [1.165, 1.54) is 0 Å². The van der Waals surface area contributed by atoms with Crippen LogP contribution in [0, 0.1) is 0 Å². The average molecular weight is 349 g/mol. The van der Waals surface area contributed by atoms with E-state index in [1.54, 1.807) is 18.2 Å². The maximum atomic E-state index is 11.8. The van der Waals surface area contributed by atoms with Gasteiger partial charge in [0.15, 0.2) is 0 Å². The molecule has 0 bridgehead atoms. The molecule has 0 spiro atoms. The Morgan fingerprint density at radius 2 is 2.00 bits per heavy atom. The predicted molar refractivity (Wildman–Crippen MR) is 77.6 cm³/mol. The Labute approximate surface area is 125 Å². The minimum absolute atomic E-state index is 0.172. The van der Waals surface area contributed by atoms with E-state index in [4.69, 9.17) is 16.7 Å². The number of rotatable bonds is 7. The summed E-state index contributed by atoms with van der Waals surface area (Å²) in [6.07, 6.45) is 2.33. The number of nitrogens with one attached hydrogen (secondary N) is 1. The van der Waals surface area contributed by atoms with Gasteiger partial charge < -0.3 is 10.4 Å². The lowest BCUT2D eigenvalue weighted by atomic mass is 10.2. The number of hydrogen-bond donors (Lipinski definition) is 2. The lowest BCUT2D eigenvalue weighted by Gasteiger charge is -2.07. The van der Waals surface area contributed by atoms with Crippen LogP contribution in [0.1, 0.15) is 36.0 Å². The van der Waals surface area contributed by atoms with Crippen LogP contribution in [0.15, 0.2) is 22.7 Å². The van der Waals surface area contributed by atoms with E-state index in [0.717, 1.165) is 17.3 Å². The standard InChI is InChI=1S/C13H15BrClNO3/c14-9-5-6-11(15)10(8-9)13(19)16-7-3-1-2-4-12(17)18/h5-6,8H,1-4,7H2,(H,16,19)(H,17,18). The number of halogens is 2. The molecule has 1 rings (SSSR count). The highest BCUT2D eigenvalue weighted by atomic mass is 79.9. The number of carbonyl (C=O) groups is 2. The highest BCUT2D eigenvalue weighted by Crippen LogP contribution is 2.20. The molecule has 4 nitrogen and oxygen atoms in total. The summed E-state index contributed by atoms with van der Waals surface area (Å²) in [5.74, 6) is -1.01. The van der Waals surface area contributed by atoms with E-state index in [2.05, 4.69) is 21.2 Å². The summed E-state index contributed by atoms with van der Waals surface area (Å²) in [6.45, 7) is 0.515. The Morgan fingerprint density at radius 3 is 2.68 bits per heavy atom. The topological polar surface area (TPSA) is 66.4 Å². The van der Waals surface area contributed by atoms with Crippen LogP contribution in [-0.4, -0.2) is 23.5 Å². The predicted octanol–water partition coefficient (Wildman–Crippen LogP) is 3.48. The van der Waals surface area contributed by atoms with Crippen molar-refractivity contribution in [2.24, 2.45) is 0 Å². The molecule has 6 heteroatoms. The van der Waals surface area contributed by atoms with Crippen LogP contribution in [0.2, 0.25) is 5.02 Å². The third kappa shape index (κ3) is 6.07. The molecular weight excluding hydrogens is 334 g/mol. The van der Waals surface area contributed by atoms with Gasteiger partial charge in [0.05, 0.1) is 10.6 Å². The van der Waals surface area contributed by atoms with Gasteiger partial charge in [-0.1, -0.05) is 34.0 Å². The van der Waals surface area contributed by atoms with Gasteiger partial charge in [0.25, 0.3) is 5.91 Å². The first-order valence-electron chi connectivity index (χ1n) is 5.95. The first-order chi connectivity index (χ1) is 9.00. The Bertz CT molecular complexity index is 465. The first kappa shape index (κ1) is 16.0. The fourth-order valence-electron chi connectivity index (χ4n) is 1.55. The largest absolute Gasteiger partial charge is 0.481 e. The van der Waals surface area contributed by atoms with Crippen molar-refractivity contribution in [2.45, 2.75) is 25.7 Å².